The Hall–Kier alpha value is -2.25. The van der Waals surface area contributed by atoms with E-state index in [0.717, 1.165) is 32.4 Å². The van der Waals surface area contributed by atoms with E-state index in [0.29, 0.717) is 32.5 Å². The highest BCUT2D eigenvalue weighted by molar-refractivity contribution is 5.77. The molecule has 1 saturated carbocycles. The predicted molar refractivity (Wildman–Crippen MR) is 93.2 cm³/mol. The molecule has 2 heterocycles. The topological polar surface area (TPSA) is 114 Å². The molecule has 0 spiro atoms. The van der Waals surface area contributed by atoms with Crippen molar-refractivity contribution in [3.05, 3.63) is 11.6 Å². The molecule has 8 nitrogen and oxygen atoms in total. The van der Waals surface area contributed by atoms with Gasteiger partial charge in [-0.25, -0.2) is 4.79 Å². The lowest BCUT2D eigenvalue weighted by Crippen LogP contribution is -2.42. The fourth-order valence-corrected chi connectivity index (χ4v) is 4.04. The largest absolute Gasteiger partial charge is 0.481 e. The minimum Gasteiger partial charge on any atom is -0.481 e. The van der Waals surface area contributed by atoms with Crippen LogP contribution in [0.3, 0.4) is 0 Å². The fraction of sp³-hybridized carbons (Fsp3) is 0.706. The first kappa shape index (κ1) is 17.6. The molecule has 0 radical (unpaired) electrons. The van der Waals surface area contributed by atoms with Gasteiger partial charge in [0.1, 0.15) is 0 Å². The first-order chi connectivity index (χ1) is 12.0. The maximum atomic E-state index is 12.6. The van der Waals surface area contributed by atoms with Gasteiger partial charge < -0.3 is 25.5 Å². The molecular formula is C17H27N5O3. The second-order valence-electron chi connectivity index (χ2n) is 7.18. The molecule has 3 rings (SSSR count). The Morgan fingerprint density at radius 1 is 1.28 bits per heavy atom. The van der Waals surface area contributed by atoms with Crippen molar-refractivity contribution in [1.82, 2.24) is 14.7 Å². The first-order valence-corrected chi connectivity index (χ1v) is 9.01. The van der Waals surface area contributed by atoms with Crippen molar-refractivity contribution in [1.29, 1.82) is 5.41 Å². The zero-order valence-electron chi connectivity index (χ0n) is 14.5. The SMILES string of the molecule is N=C(N)N1CC=C(CCN2CCN(C3CCC(C(=O)O)CC3)C2=O)C1. The van der Waals surface area contributed by atoms with E-state index in [-0.39, 0.29) is 24.0 Å². The second kappa shape index (κ2) is 7.33. The van der Waals surface area contributed by atoms with E-state index in [1.807, 2.05) is 9.80 Å². The van der Waals surface area contributed by atoms with Crippen LogP contribution in [0.15, 0.2) is 11.6 Å². The normalized spacial score (nSPS) is 27.0. The van der Waals surface area contributed by atoms with Crippen LogP contribution in [-0.2, 0) is 4.79 Å². The van der Waals surface area contributed by atoms with Gasteiger partial charge in [0.15, 0.2) is 5.96 Å². The van der Waals surface area contributed by atoms with Gasteiger partial charge in [-0.1, -0.05) is 11.6 Å². The van der Waals surface area contributed by atoms with Crippen LogP contribution < -0.4 is 5.73 Å². The molecule has 8 heteroatoms. The van der Waals surface area contributed by atoms with Crippen LogP contribution in [-0.4, -0.2) is 76.5 Å². The summed E-state index contributed by atoms with van der Waals surface area (Å²) in [5, 5.41) is 16.5. The number of carboxylic acid groups (broad SMARTS) is 1. The van der Waals surface area contributed by atoms with Gasteiger partial charge in [0.05, 0.1) is 5.92 Å². The molecule has 1 aliphatic carbocycles. The van der Waals surface area contributed by atoms with Crippen molar-refractivity contribution in [2.45, 2.75) is 38.1 Å². The Bertz CT molecular complexity index is 583. The number of hydrogen-bond donors (Lipinski definition) is 3. The number of hydrogen-bond acceptors (Lipinski definition) is 3. The number of rotatable bonds is 5. The number of carbonyl (C=O) groups excluding carboxylic acids is 1. The second-order valence-corrected chi connectivity index (χ2v) is 7.18. The highest BCUT2D eigenvalue weighted by atomic mass is 16.4. The summed E-state index contributed by atoms with van der Waals surface area (Å²) in [5.74, 6) is -0.868. The van der Waals surface area contributed by atoms with Gasteiger partial charge in [-0.05, 0) is 32.1 Å². The average molecular weight is 349 g/mol. The van der Waals surface area contributed by atoms with Crippen LogP contribution in [0, 0.1) is 11.3 Å². The average Bonchev–Trinajstić information content (AvgIpc) is 3.20. The van der Waals surface area contributed by atoms with Gasteiger partial charge >= 0.3 is 12.0 Å². The molecule has 3 aliphatic rings. The van der Waals surface area contributed by atoms with Crippen molar-refractivity contribution < 1.29 is 14.7 Å². The molecule has 25 heavy (non-hydrogen) atoms. The fourth-order valence-electron chi connectivity index (χ4n) is 4.04. The molecule has 1 saturated heterocycles. The van der Waals surface area contributed by atoms with Gasteiger partial charge in [-0.15, -0.1) is 0 Å². The molecule has 0 unspecified atom stereocenters. The number of guanidine groups is 1. The number of urea groups is 1. The first-order valence-electron chi connectivity index (χ1n) is 9.01. The summed E-state index contributed by atoms with van der Waals surface area (Å²) in [7, 11) is 0. The van der Waals surface area contributed by atoms with Gasteiger partial charge in [0, 0.05) is 38.8 Å². The van der Waals surface area contributed by atoms with Crippen molar-refractivity contribution in [2.24, 2.45) is 11.7 Å². The highest BCUT2D eigenvalue weighted by Crippen LogP contribution is 2.30. The third-order valence-corrected chi connectivity index (χ3v) is 5.65. The molecule has 4 N–H and O–H groups in total. The van der Waals surface area contributed by atoms with Crippen molar-refractivity contribution in [3.63, 3.8) is 0 Å². The lowest BCUT2D eigenvalue weighted by Gasteiger charge is -2.33. The molecule has 0 atom stereocenters. The Balaban J connectivity index is 1.45. The third-order valence-electron chi connectivity index (χ3n) is 5.65. The number of nitrogens with one attached hydrogen (secondary N) is 1. The molecule has 2 fully saturated rings. The van der Waals surface area contributed by atoms with Gasteiger partial charge in [0.2, 0.25) is 0 Å². The van der Waals surface area contributed by atoms with E-state index in [1.165, 1.54) is 5.57 Å². The van der Waals surface area contributed by atoms with E-state index in [1.54, 1.807) is 4.90 Å². The number of amides is 2. The van der Waals surface area contributed by atoms with Crippen LogP contribution in [0.25, 0.3) is 0 Å². The molecular weight excluding hydrogens is 322 g/mol. The van der Waals surface area contributed by atoms with Crippen LogP contribution in [0.4, 0.5) is 4.79 Å². The standard InChI is InChI=1S/C17H27N5O3/c18-16(19)21-8-6-12(11-21)5-7-20-9-10-22(17(20)25)14-3-1-13(2-4-14)15(23)24/h6,13-14H,1-5,7-11H2,(H3,18,19)(H,23,24). The lowest BCUT2D eigenvalue weighted by atomic mass is 9.85. The molecule has 138 valence electrons. The van der Waals surface area contributed by atoms with E-state index in [9.17, 15) is 9.59 Å². The van der Waals surface area contributed by atoms with Gasteiger partial charge in [-0.3, -0.25) is 10.2 Å². The summed E-state index contributed by atoms with van der Waals surface area (Å²) in [4.78, 5) is 29.3. The van der Waals surface area contributed by atoms with Crippen molar-refractivity contribution in [3.8, 4) is 0 Å². The Kier molecular flexibility index (Phi) is 5.15. The number of nitrogens with zero attached hydrogens (tertiary/aromatic N) is 3. The Morgan fingerprint density at radius 2 is 2.00 bits per heavy atom. The summed E-state index contributed by atoms with van der Waals surface area (Å²) in [6, 6.07) is 0.271. The summed E-state index contributed by atoms with van der Waals surface area (Å²) in [6.07, 6.45) is 5.81. The molecule has 0 aromatic carbocycles. The van der Waals surface area contributed by atoms with Crippen LogP contribution in [0.1, 0.15) is 32.1 Å². The zero-order valence-corrected chi connectivity index (χ0v) is 14.5. The maximum absolute atomic E-state index is 12.6. The summed E-state index contributed by atoms with van der Waals surface area (Å²) < 4.78 is 0. The van der Waals surface area contributed by atoms with Crippen molar-refractivity contribution in [2.75, 3.05) is 32.7 Å². The van der Waals surface area contributed by atoms with E-state index < -0.39 is 5.97 Å². The molecule has 2 aliphatic heterocycles. The number of aliphatic carboxylic acids is 1. The predicted octanol–water partition coefficient (Wildman–Crippen LogP) is 0.893. The molecule has 2 amide bonds. The Labute approximate surface area is 147 Å². The summed E-state index contributed by atoms with van der Waals surface area (Å²) in [5.41, 5.74) is 6.72. The summed E-state index contributed by atoms with van der Waals surface area (Å²) in [6.45, 7) is 3.52. The highest BCUT2D eigenvalue weighted by Gasteiger charge is 2.36. The number of carboxylic acids is 1. The molecule has 0 aromatic rings. The number of carbonyl (C=O) groups is 2. The molecule has 0 aromatic heterocycles. The van der Waals surface area contributed by atoms with E-state index in [4.69, 9.17) is 16.2 Å². The van der Waals surface area contributed by atoms with Crippen LogP contribution in [0.5, 0.6) is 0 Å². The van der Waals surface area contributed by atoms with Gasteiger partial charge in [-0.2, -0.15) is 0 Å². The maximum Gasteiger partial charge on any atom is 0.320 e. The zero-order chi connectivity index (χ0) is 18.0. The minimum atomic E-state index is -0.711. The lowest BCUT2D eigenvalue weighted by molar-refractivity contribution is -0.143. The van der Waals surface area contributed by atoms with Crippen LogP contribution >= 0.6 is 0 Å². The number of nitrogens with two attached hydrogens (primary N) is 1. The Morgan fingerprint density at radius 3 is 2.60 bits per heavy atom. The van der Waals surface area contributed by atoms with Crippen molar-refractivity contribution >= 4 is 18.0 Å². The minimum absolute atomic E-state index is 0.0841. The third kappa shape index (κ3) is 3.88. The summed E-state index contributed by atoms with van der Waals surface area (Å²) >= 11 is 0. The molecule has 0 bridgehead atoms. The smallest absolute Gasteiger partial charge is 0.320 e. The quantitative estimate of drug-likeness (QED) is 0.387. The van der Waals surface area contributed by atoms with E-state index >= 15 is 0 Å². The van der Waals surface area contributed by atoms with Gasteiger partial charge in [0.25, 0.3) is 0 Å². The monoisotopic (exact) mass is 349 g/mol. The van der Waals surface area contributed by atoms with E-state index in [2.05, 4.69) is 6.08 Å². The van der Waals surface area contributed by atoms with Crippen LogP contribution in [0.2, 0.25) is 0 Å².